The van der Waals surface area contributed by atoms with Crippen LogP contribution in [0.1, 0.15) is 37.3 Å². The van der Waals surface area contributed by atoms with Crippen molar-refractivity contribution >= 4 is 11.9 Å². The van der Waals surface area contributed by atoms with Gasteiger partial charge in [0.25, 0.3) is 0 Å². The van der Waals surface area contributed by atoms with Crippen molar-refractivity contribution < 1.29 is 14.3 Å². The molecule has 1 aromatic rings. The Hall–Kier alpha value is -1.84. The first kappa shape index (κ1) is 15.2. The van der Waals surface area contributed by atoms with Gasteiger partial charge in [-0.25, -0.2) is 4.79 Å². The first-order valence-electron chi connectivity index (χ1n) is 6.53. The second-order valence-corrected chi connectivity index (χ2v) is 4.55. The van der Waals surface area contributed by atoms with Crippen LogP contribution < -0.4 is 5.32 Å². The van der Waals surface area contributed by atoms with Crippen molar-refractivity contribution in [2.45, 2.75) is 32.6 Å². The molecular formula is C15H21NO3. The fourth-order valence-corrected chi connectivity index (χ4v) is 1.73. The molecule has 0 aromatic heterocycles. The van der Waals surface area contributed by atoms with E-state index in [-0.39, 0.29) is 0 Å². The first-order chi connectivity index (χ1) is 9.08. The minimum absolute atomic E-state index is 0.427. The Balaban J connectivity index is 2.42. The zero-order valence-corrected chi connectivity index (χ0v) is 11.7. The molecule has 104 valence electrons. The monoisotopic (exact) mass is 263 g/mol. The van der Waals surface area contributed by atoms with E-state index in [2.05, 4.69) is 48.2 Å². The van der Waals surface area contributed by atoms with Crippen LogP contribution in [-0.2, 0) is 20.7 Å². The summed E-state index contributed by atoms with van der Waals surface area (Å²) < 4.78 is 4.32. The van der Waals surface area contributed by atoms with Gasteiger partial charge in [-0.1, -0.05) is 38.1 Å². The van der Waals surface area contributed by atoms with Crippen molar-refractivity contribution in [3.05, 3.63) is 35.4 Å². The summed E-state index contributed by atoms with van der Waals surface area (Å²) in [4.78, 5) is 22.0. The quantitative estimate of drug-likeness (QED) is 0.653. The van der Waals surface area contributed by atoms with Crippen LogP contribution in [-0.4, -0.2) is 25.5 Å². The van der Waals surface area contributed by atoms with Gasteiger partial charge in [0, 0.05) is 6.54 Å². The maximum Gasteiger partial charge on any atom is 0.396 e. The van der Waals surface area contributed by atoms with E-state index in [1.807, 2.05) is 0 Å². The van der Waals surface area contributed by atoms with E-state index in [9.17, 15) is 9.59 Å². The highest BCUT2D eigenvalue weighted by Crippen LogP contribution is 2.18. The second-order valence-electron chi connectivity index (χ2n) is 4.55. The number of methoxy groups -OCH3 is 1. The molecule has 0 saturated heterocycles. The third kappa shape index (κ3) is 4.73. The van der Waals surface area contributed by atoms with Crippen molar-refractivity contribution in [2.24, 2.45) is 0 Å². The molecule has 19 heavy (non-hydrogen) atoms. The molecule has 0 heterocycles. The van der Waals surface area contributed by atoms with Crippen molar-refractivity contribution in [2.75, 3.05) is 13.7 Å². The van der Waals surface area contributed by atoms with Crippen LogP contribution in [0.5, 0.6) is 0 Å². The molecule has 4 heteroatoms. The largest absolute Gasteiger partial charge is 0.462 e. The van der Waals surface area contributed by atoms with Crippen LogP contribution in [0, 0.1) is 0 Å². The lowest BCUT2D eigenvalue weighted by atomic mass is 9.97. The van der Waals surface area contributed by atoms with Crippen molar-refractivity contribution in [1.82, 2.24) is 5.32 Å². The van der Waals surface area contributed by atoms with Crippen molar-refractivity contribution in [3.8, 4) is 0 Å². The van der Waals surface area contributed by atoms with Gasteiger partial charge >= 0.3 is 11.9 Å². The minimum atomic E-state index is -0.855. The number of rotatable bonds is 5. The standard InChI is InChI=1S/C15H21NO3/c1-4-11(2)13-7-5-12(6-8-13)9-10-16-14(17)15(18)19-3/h5-8,11H,4,9-10H2,1-3H3,(H,16,17). The molecule has 0 radical (unpaired) electrons. The van der Waals surface area contributed by atoms with Gasteiger partial charge in [0.1, 0.15) is 0 Å². The number of carbonyl (C=O) groups excluding carboxylic acids is 2. The molecule has 0 fully saturated rings. The number of ether oxygens (including phenoxy) is 1. The first-order valence-corrected chi connectivity index (χ1v) is 6.53. The Labute approximate surface area is 114 Å². The summed E-state index contributed by atoms with van der Waals surface area (Å²) in [5.41, 5.74) is 2.46. The van der Waals surface area contributed by atoms with Gasteiger partial charge in [0.15, 0.2) is 0 Å². The third-order valence-corrected chi connectivity index (χ3v) is 3.23. The van der Waals surface area contributed by atoms with Crippen LogP contribution in [0.4, 0.5) is 0 Å². The summed E-state index contributed by atoms with van der Waals surface area (Å²) in [5.74, 6) is -0.987. The number of esters is 1. The Morgan fingerprint density at radius 3 is 2.42 bits per heavy atom. The van der Waals surface area contributed by atoms with Gasteiger partial charge in [-0.15, -0.1) is 0 Å². The average molecular weight is 263 g/mol. The maximum atomic E-state index is 11.2. The van der Waals surface area contributed by atoms with E-state index in [4.69, 9.17) is 0 Å². The molecule has 0 bridgehead atoms. The molecule has 1 rings (SSSR count). The Morgan fingerprint density at radius 2 is 1.89 bits per heavy atom. The van der Waals surface area contributed by atoms with Crippen LogP contribution in [0.2, 0.25) is 0 Å². The molecule has 0 aliphatic heterocycles. The molecular weight excluding hydrogens is 242 g/mol. The minimum Gasteiger partial charge on any atom is -0.462 e. The van der Waals surface area contributed by atoms with E-state index in [1.165, 1.54) is 12.7 Å². The lowest BCUT2D eigenvalue weighted by Crippen LogP contribution is -2.33. The van der Waals surface area contributed by atoms with Gasteiger partial charge < -0.3 is 10.1 Å². The molecule has 1 unspecified atom stereocenters. The molecule has 1 atom stereocenters. The summed E-state index contributed by atoms with van der Waals surface area (Å²) in [6.45, 7) is 4.79. The Morgan fingerprint density at radius 1 is 1.26 bits per heavy atom. The van der Waals surface area contributed by atoms with Gasteiger partial charge in [0.2, 0.25) is 0 Å². The van der Waals surface area contributed by atoms with E-state index in [0.717, 1.165) is 12.0 Å². The van der Waals surface area contributed by atoms with E-state index in [1.54, 1.807) is 0 Å². The Bertz CT molecular complexity index is 426. The SMILES string of the molecule is CCC(C)c1ccc(CCNC(=O)C(=O)OC)cc1. The number of hydrogen-bond donors (Lipinski definition) is 1. The zero-order chi connectivity index (χ0) is 14.3. The van der Waals surface area contributed by atoms with Crippen molar-refractivity contribution in [1.29, 1.82) is 0 Å². The summed E-state index contributed by atoms with van der Waals surface area (Å²) in [7, 11) is 1.19. The van der Waals surface area contributed by atoms with Crippen LogP contribution in [0.15, 0.2) is 24.3 Å². The number of amides is 1. The fraction of sp³-hybridized carbons (Fsp3) is 0.467. The lowest BCUT2D eigenvalue weighted by molar-refractivity contribution is -0.152. The lowest BCUT2D eigenvalue weighted by Gasteiger charge is -2.10. The van der Waals surface area contributed by atoms with E-state index >= 15 is 0 Å². The molecule has 1 amide bonds. The summed E-state index contributed by atoms with van der Waals surface area (Å²) in [6.07, 6.45) is 1.82. The van der Waals surface area contributed by atoms with Crippen LogP contribution in [0.25, 0.3) is 0 Å². The number of nitrogens with one attached hydrogen (secondary N) is 1. The number of benzene rings is 1. The fourth-order valence-electron chi connectivity index (χ4n) is 1.73. The third-order valence-electron chi connectivity index (χ3n) is 3.23. The molecule has 1 aromatic carbocycles. The Kier molecular flexibility index (Phi) is 6.06. The predicted molar refractivity (Wildman–Crippen MR) is 73.9 cm³/mol. The molecule has 0 saturated carbocycles. The smallest absolute Gasteiger partial charge is 0.396 e. The average Bonchev–Trinajstić information content (AvgIpc) is 2.46. The predicted octanol–water partition coefficient (Wildman–Crippen LogP) is 2.03. The highest BCUT2D eigenvalue weighted by Gasteiger charge is 2.12. The highest BCUT2D eigenvalue weighted by molar-refractivity contribution is 6.32. The molecule has 4 nitrogen and oxygen atoms in total. The van der Waals surface area contributed by atoms with Gasteiger partial charge in [-0.05, 0) is 29.9 Å². The summed E-state index contributed by atoms with van der Waals surface area (Å²) in [6, 6.07) is 8.36. The van der Waals surface area contributed by atoms with E-state index < -0.39 is 11.9 Å². The second kappa shape index (κ2) is 7.56. The highest BCUT2D eigenvalue weighted by atomic mass is 16.5. The van der Waals surface area contributed by atoms with Crippen LogP contribution in [0.3, 0.4) is 0 Å². The molecule has 0 spiro atoms. The number of hydrogen-bond acceptors (Lipinski definition) is 3. The molecule has 1 N–H and O–H groups in total. The van der Waals surface area contributed by atoms with Crippen molar-refractivity contribution in [3.63, 3.8) is 0 Å². The topological polar surface area (TPSA) is 55.4 Å². The number of carbonyl (C=O) groups is 2. The van der Waals surface area contributed by atoms with Crippen LogP contribution >= 0.6 is 0 Å². The van der Waals surface area contributed by atoms with Gasteiger partial charge in [-0.2, -0.15) is 0 Å². The zero-order valence-electron chi connectivity index (χ0n) is 11.7. The summed E-state index contributed by atoms with van der Waals surface area (Å²) in [5, 5.41) is 2.52. The maximum absolute atomic E-state index is 11.2. The van der Waals surface area contributed by atoms with E-state index in [0.29, 0.717) is 18.9 Å². The normalized spacial score (nSPS) is 11.7. The van der Waals surface area contributed by atoms with Gasteiger partial charge in [-0.3, -0.25) is 4.79 Å². The van der Waals surface area contributed by atoms with Gasteiger partial charge in [0.05, 0.1) is 7.11 Å². The molecule has 0 aliphatic carbocycles. The summed E-state index contributed by atoms with van der Waals surface area (Å²) >= 11 is 0. The molecule has 0 aliphatic rings.